The molecule has 0 aliphatic heterocycles. The summed E-state index contributed by atoms with van der Waals surface area (Å²) in [5, 5.41) is 17.7. The van der Waals surface area contributed by atoms with Crippen LogP contribution in [0.1, 0.15) is 79.3 Å². The molecule has 1 amide bonds. The van der Waals surface area contributed by atoms with E-state index in [1.165, 1.54) is 31.0 Å². The summed E-state index contributed by atoms with van der Waals surface area (Å²) in [6.07, 6.45) is 11.5. The first-order valence-corrected chi connectivity index (χ1v) is 15.7. The smallest absolute Gasteiger partial charge is 0.548 e. The molecule has 1 fully saturated rings. The van der Waals surface area contributed by atoms with Gasteiger partial charge in [0.15, 0.2) is 0 Å². The molecule has 0 unspecified atom stereocenters. The van der Waals surface area contributed by atoms with E-state index in [9.17, 15) is 19.5 Å². The van der Waals surface area contributed by atoms with Crippen LogP contribution in [-0.4, -0.2) is 48.8 Å². The van der Waals surface area contributed by atoms with Gasteiger partial charge in [-0.05, 0) is 98.9 Å². The Kier molecular flexibility index (Phi) is 15.7. The standard InChI is InChI=1S/C32H44N2O4S.Li/c1-23-10-6-7-13-26(23)28-22-24(15-16-27(28)31(36)34-29(32(37)38)18-21-39-2)17-20-33-19-9-8-14-30(35)25-11-4-3-5-12-25;/h6-7,10,13,15-16,22,25,29,33H,3-5,8-9,11-12,14,17-21H2,1-2H3,(H,34,36)(H,37,38);/q;+1/p-1/t29-;/m0./s1. The molecule has 1 aliphatic rings. The van der Waals surface area contributed by atoms with E-state index < -0.39 is 17.9 Å². The summed E-state index contributed by atoms with van der Waals surface area (Å²) in [5.74, 6) is -0.294. The van der Waals surface area contributed by atoms with Crippen LogP contribution in [-0.2, 0) is 16.0 Å². The van der Waals surface area contributed by atoms with E-state index in [-0.39, 0.29) is 18.9 Å². The topological polar surface area (TPSA) is 98.3 Å². The van der Waals surface area contributed by atoms with E-state index in [2.05, 4.69) is 10.6 Å². The maximum Gasteiger partial charge on any atom is 1.00 e. The van der Waals surface area contributed by atoms with Crippen LogP contribution in [0.5, 0.6) is 0 Å². The van der Waals surface area contributed by atoms with Gasteiger partial charge >= 0.3 is 18.9 Å². The van der Waals surface area contributed by atoms with E-state index in [1.54, 1.807) is 6.07 Å². The zero-order valence-corrected chi connectivity index (χ0v) is 25.2. The maximum absolute atomic E-state index is 13.2. The number of carbonyl (C=O) groups excluding carboxylic acids is 3. The summed E-state index contributed by atoms with van der Waals surface area (Å²) in [6.45, 7) is 3.69. The normalized spacial score (nSPS) is 14.2. The number of nitrogens with one attached hydrogen (secondary N) is 2. The van der Waals surface area contributed by atoms with Crippen LogP contribution < -0.4 is 34.6 Å². The molecule has 8 heteroatoms. The van der Waals surface area contributed by atoms with Crippen molar-refractivity contribution >= 4 is 29.4 Å². The fourth-order valence-electron chi connectivity index (χ4n) is 5.30. The third-order valence-corrected chi connectivity index (χ3v) is 8.29. The van der Waals surface area contributed by atoms with Crippen molar-refractivity contribution in [2.75, 3.05) is 25.1 Å². The van der Waals surface area contributed by atoms with Gasteiger partial charge in [0.2, 0.25) is 0 Å². The van der Waals surface area contributed by atoms with Crippen LogP contribution in [0.2, 0.25) is 0 Å². The van der Waals surface area contributed by atoms with Gasteiger partial charge in [0.05, 0.1) is 12.0 Å². The molecule has 0 radical (unpaired) electrons. The number of aryl methyl sites for hydroxylation is 1. The van der Waals surface area contributed by atoms with Crippen LogP contribution in [0.3, 0.4) is 0 Å². The molecule has 0 saturated heterocycles. The molecule has 2 aromatic rings. The number of ketones is 1. The Balaban J connectivity index is 0.00000560. The van der Waals surface area contributed by atoms with Gasteiger partial charge in [-0.15, -0.1) is 0 Å². The first kappa shape index (κ1) is 34.2. The fourth-order valence-corrected chi connectivity index (χ4v) is 5.77. The Bertz CT molecular complexity index is 1100. The third-order valence-electron chi connectivity index (χ3n) is 7.64. The fraction of sp³-hybridized carbons (Fsp3) is 0.531. The SMILES string of the molecule is CSCC[C@H](NC(=O)c1ccc(CCNCCCCC(=O)C2CCCCC2)cc1-c1ccccc1C)C(=O)[O-].[Li+]. The molecular weight excluding hydrogens is 515 g/mol. The predicted molar refractivity (Wildman–Crippen MR) is 158 cm³/mol. The number of hydrogen-bond acceptors (Lipinski definition) is 6. The van der Waals surface area contributed by atoms with E-state index >= 15 is 0 Å². The van der Waals surface area contributed by atoms with E-state index in [0.29, 0.717) is 35.9 Å². The van der Waals surface area contributed by atoms with E-state index in [0.717, 1.165) is 67.4 Å². The monoisotopic (exact) mass is 558 g/mol. The van der Waals surface area contributed by atoms with Crippen LogP contribution in [0.4, 0.5) is 0 Å². The summed E-state index contributed by atoms with van der Waals surface area (Å²) in [7, 11) is 0. The molecule has 40 heavy (non-hydrogen) atoms. The quantitative estimate of drug-likeness (QED) is 0.241. The number of carbonyl (C=O) groups is 3. The van der Waals surface area contributed by atoms with Crippen LogP contribution >= 0.6 is 11.8 Å². The summed E-state index contributed by atoms with van der Waals surface area (Å²) in [6, 6.07) is 12.6. The van der Waals surface area contributed by atoms with Gasteiger partial charge in [-0.25, -0.2) is 0 Å². The van der Waals surface area contributed by atoms with Crippen molar-refractivity contribution in [3.05, 3.63) is 59.2 Å². The molecule has 0 spiro atoms. The van der Waals surface area contributed by atoms with Crippen LogP contribution in [0.25, 0.3) is 11.1 Å². The van der Waals surface area contributed by atoms with Crippen molar-refractivity contribution in [3.63, 3.8) is 0 Å². The molecular formula is C32H43LiN2O4S. The number of hydrogen-bond donors (Lipinski definition) is 2. The predicted octanol–water partition coefficient (Wildman–Crippen LogP) is 1.72. The van der Waals surface area contributed by atoms with Gasteiger partial charge in [0.25, 0.3) is 5.91 Å². The number of unbranched alkanes of at least 4 members (excludes halogenated alkanes) is 1. The number of benzene rings is 2. The second-order valence-electron chi connectivity index (χ2n) is 10.6. The van der Waals surface area contributed by atoms with Crippen molar-refractivity contribution in [2.24, 2.45) is 5.92 Å². The molecule has 0 bridgehead atoms. The first-order valence-electron chi connectivity index (χ1n) is 14.3. The van der Waals surface area contributed by atoms with Gasteiger partial charge in [-0.1, -0.05) is 55.7 Å². The Morgan fingerprint density at radius 1 is 1.00 bits per heavy atom. The van der Waals surface area contributed by atoms with Gasteiger partial charge < -0.3 is 20.5 Å². The second kappa shape index (κ2) is 18.4. The minimum absolute atomic E-state index is 0. The molecule has 2 aromatic carbocycles. The average molecular weight is 559 g/mol. The number of thioether (sulfide) groups is 1. The molecule has 3 rings (SSSR count). The van der Waals surface area contributed by atoms with Crippen molar-refractivity contribution in [1.29, 1.82) is 0 Å². The average Bonchev–Trinajstić information content (AvgIpc) is 2.95. The Labute approximate surface area is 256 Å². The summed E-state index contributed by atoms with van der Waals surface area (Å²) in [5.41, 5.74) is 4.35. The summed E-state index contributed by atoms with van der Waals surface area (Å²) < 4.78 is 0. The summed E-state index contributed by atoms with van der Waals surface area (Å²) in [4.78, 5) is 37.2. The molecule has 6 nitrogen and oxygen atoms in total. The van der Waals surface area contributed by atoms with Crippen molar-refractivity contribution in [2.45, 2.75) is 77.2 Å². The number of rotatable bonds is 16. The van der Waals surface area contributed by atoms with Gasteiger partial charge in [-0.2, -0.15) is 11.8 Å². The molecule has 0 heterocycles. The van der Waals surface area contributed by atoms with Crippen molar-refractivity contribution in [3.8, 4) is 11.1 Å². The number of aliphatic carboxylic acids is 1. The molecule has 1 saturated carbocycles. The summed E-state index contributed by atoms with van der Waals surface area (Å²) >= 11 is 1.53. The number of carboxylic acid groups (broad SMARTS) is 1. The van der Waals surface area contributed by atoms with Crippen LogP contribution in [0, 0.1) is 12.8 Å². The zero-order chi connectivity index (χ0) is 28.0. The first-order chi connectivity index (χ1) is 18.9. The molecule has 1 atom stereocenters. The van der Waals surface area contributed by atoms with Crippen molar-refractivity contribution in [1.82, 2.24) is 10.6 Å². The molecule has 0 aromatic heterocycles. The Hall–Kier alpha value is -2.04. The second-order valence-corrected chi connectivity index (χ2v) is 11.6. The molecule has 2 N–H and O–H groups in total. The minimum atomic E-state index is -1.27. The van der Waals surface area contributed by atoms with Gasteiger partial charge in [0.1, 0.15) is 5.78 Å². The van der Waals surface area contributed by atoms with E-state index in [1.807, 2.05) is 49.6 Å². The van der Waals surface area contributed by atoms with E-state index in [4.69, 9.17) is 0 Å². The van der Waals surface area contributed by atoms with Crippen molar-refractivity contribution < 1.29 is 38.4 Å². The van der Waals surface area contributed by atoms with Gasteiger partial charge in [-0.3, -0.25) is 9.59 Å². The molecule has 212 valence electrons. The largest absolute Gasteiger partial charge is 1.00 e. The van der Waals surface area contributed by atoms with Gasteiger partial charge in [0, 0.05) is 17.9 Å². The Morgan fingerprint density at radius 3 is 2.45 bits per heavy atom. The number of carboxylic acids is 1. The minimum Gasteiger partial charge on any atom is -0.548 e. The third kappa shape index (κ3) is 10.7. The number of Topliss-reactive ketones (excluding diaryl/α,β-unsaturated/α-hetero) is 1. The number of amides is 1. The zero-order valence-electron chi connectivity index (χ0n) is 24.4. The van der Waals surface area contributed by atoms with Crippen LogP contribution in [0.15, 0.2) is 42.5 Å². The maximum atomic E-state index is 13.2. The Morgan fingerprint density at radius 2 is 1.75 bits per heavy atom. The molecule has 1 aliphatic carbocycles.